The van der Waals surface area contributed by atoms with Crippen LogP contribution in [0.4, 0.5) is 0 Å². The fourth-order valence-electron chi connectivity index (χ4n) is 1.41. The first-order valence-electron chi connectivity index (χ1n) is 5.80. The first kappa shape index (κ1) is 13.4. The van der Waals surface area contributed by atoms with Crippen molar-refractivity contribution in [2.45, 2.75) is 40.3 Å². The van der Waals surface area contributed by atoms with E-state index in [-0.39, 0.29) is 5.92 Å². The maximum atomic E-state index is 11.7. The van der Waals surface area contributed by atoms with Crippen molar-refractivity contribution in [3.63, 3.8) is 0 Å². The molecule has 0 bridgehead atoms. The molecule has 1 aromatic heterocycles. The highest BCUT2D eigenvalue weighted by molar-refractivity contribution is 7.09. The van der Waals surface area contributed by atoms with E-state index in [1.807, 2.05) is 13.8 Å². The second-order valence-corrected chi connectivity index (χ2v) is 5.73. The molecule has 1 aromatic rings. The van der Waals surface area contributed by atoms with E-state index >= 15 is 0 Å². The molecule has 0 saturated heterocycles. The first-order chi connectivity index (χ1) is 7.50. The van der Waals surface area contributed by atoms with E-state index in [0.29, 0.717) is 18.4 Å². The van der Waals surface area contributed by atoms with Crippen molar-refractivity contribution < 1.29 is 4.79 Å². The SMILES string of the molecule is CC(C)C(=O)CN(Cc1cccs1)C(C)C. The highest BCUT2D eigenvalue weighted by atomic mass is 32.1. The van der Waals surface area contributed by atoms with Gasteiger partial charge in [-0.25, -0.2) is 0 Å². The predicted molar refractivity (Wildman–Crippen MR) is 69.7 cm³/mol. The molecule has 0 aromatic carbocycles. The second-order valence-electron chi connectivity index (χ2n) is 4.70. The van der Waals surface area contributed by atoms with Crippen molar-refractivity contribution >= 4 is 17.1 Å². The Labute approximate surface area is 102 Å². The van der Waals surface area contributed by atoms with Crippen LogP contribution in [0.3, 0.4) is 0 Å². The summed E-state index contributed by atoms with van der Waals surface area (Å²) in [6, 6.07) is 4.59. The summed E-state index contributed by atoms with van der Waals surface area (Å²) < 4.78 is 0. The van der Waals surface area contributed by atoms with Gasteiger partial charge in [0.25, 0.3) is 0 Å². The van der Waals surface area contributed by atoms with Gasteiger partial charge in [-0.3, -0.25) is 9.69 Å². The molecule has 3 heteroatoms. The molecule has 1 heterocycles. The van der Waals surface area contributed by atoms with E-state index in [2.05, 4.69) is 36.3 Å². The van der Waals surface area contributed by atoms with E-state index in [4.69, 9.17) is 0 Å². The maximum Gasteiger partial charge on any atom is 0.149 e. The van der Waals surface area contributed by atoms with Crippen molar-refractivity contribution in [1.29, 1.82) is 0 Å². The molecule has 0 spiro atoms. The van der Waals surface area contributed by atoms with Crippen molar-refractivity contribution in [3.05, 3.63) is 22.4 Å². The molecule has 1 rings (SSSR count). The molecular weight excluding hydrogens is 218 g/mol. The third kappa shape index (κ3) is 4.06. The fraction of sp³-hybridized carbons (Fsp3) is 0.615. The molecule has 0 fully saturated rings. The Kier molecular flexibility index (Phi) is 5.16. The van der Waals surface area contributed by atoms with Crippen LogP contribution in [0.5, 0.6) is 0 Å². The van der Waals surface area contributed by atoms with E-state index in [1.165, 1.54) is 4.88 Å². The average molecular weight is 239 g/mol. The van der Waals surface area contributed by atoms with Crippen molar-refractivity contribution in [1.82, 2.24) is 4.90 Å². The molecule has 90 valence electrons. The predicted octanol–water partition coefficient (Wildman–Crippen LogP) is 3.18. The Balaban J connectivity index is 2.58. The van der Waals surface area contributed by atoms with Crippen LogP contribution in [0.15, 0.2) is 17.5 Å². The summed E-state index contributed by atoms with van der Waals surface area (Å²) in [5.41, 5.74) is 0. The number of rotatable bonds is 6. The fourth-order valence-corrected chi connectivity index (χ4v) is 2.14. The van der Waals surface area contributed by atoms with Crippen molar-refractivity contribution in [3.8, 4) is 0 Å². The number of hydrogen-bond acceptors (Lipinski definition) is 3. The van der Waals surface area contributed by atoms with Crippen LogP contribution in [0, 0.1) is 5.92 Å². The average Bonchev–Trinajstić information content (AvgIpc) is 2.68. The third-order valence-electron chi connectivity index (χ3n) is 2.67. The van der Waals surface area contributed by atoms with Crippen LogP contribution in [0.25, 0.3) is 0 Å². The van der Waals surface area contributed by atoms with Crippen LogP contribution in [0.1, 0.15) is 32.6 Å². The zero-order valence-corrected chi connectivity index (χ0v) is 11.4. The number of nitrogens with zero attached hydrogens (tertiary/aromatic N) is 1. The number of ketones is 1. The standard InChI is InChI=1S/C13H21NOS/c1-10(2)13(15)9-14(11(3)4)8-12-6-5-7-16-12/h5-7,10-11H,8-9H2,1-4H3. The van der Waals surface area contributed by atoms with Crippen LogP contribution >= 0.6 is 11.3 Å². The molecule has 0 unspecified atom stereocenters. The summed E-state index contributed by atoms with van der Waals surface area (Å²) >= 11 is 1.75. The summed E-state index contributed by atoms with van der Waals surface area (Å²) in [7, 11) is 0. The minimum absolute atomic E-state index is 0.129. The van der Waals surface area contributed by atoms with E-state index in [0.717, 1.165) is 6.54 Å². The zero-order valence-electron chi connectivity index (χ0n) is 10.6. The van der Waals surface area contributed by atoms with Gasteiger partial charge in [-0.1, -0.05) is 19.9 Å². The van der Waals surface area contributed by atoms with Gasteiger partial charge in [0.05, 0.1) is 6.54 Å². The van der Waals surface area contributed by atoms with Gasteiger partial charge in [-0.2, -0.15) is 0 Å². The summed E-state index contributed by atoms with van der Waals surface area (Å²) in [5.74, 6) is 0.454. The minimum Gasteiger partial charge on any atom is -0.298 e. The molecule has 0 N–H and O–H groups in total. The lowest BCUT2D eigenvalue weighted by Gasteiger charge is -2.25. The molecule has 0 atom stereocenters. The smallest absolute Gasteiger partial charge is 0.149 e. The van der Waals surface area contributed by atoms with Gasteiger partial charge in [-0.05, 0) is 25.3 Å². The number of hydrogen-bond donors (Lipinski definition) is 0. The largest absolute Gasteiger partial charge is 0.298 e. The molecule has 0 saturated carbocycles. The summed E-state index contributed by atoms with van der Waals surface area (Å²) in [6.45, 7) is 9.65. The Bertz CT molecular complexity index is 317. The minimum atomic E-state index is 0.129. The Morgan fingerprint density at radius 3 is 2.50 bits per heavy atom. The normalized spacial score (nSPS) is 11.7. The van der Waals surface area contributed by atoms with Gasteiger partial charge in [0.1, 0.15) is 5.78 Å². The molecule has 2 nitrogen and oxygen atoms in total. The molecule has 0 aliphatic rings. The van der Waals surface area contributed by atoms with Gasteiger partial charge in [0.2, 0.25) is 0 Å². The third-order valence-corrected chi connectivity index (χ3v) is 3.53. The lowest BCUT2D eigenvalue weighted by atomic mass is 10.1. The monoisotopic (exact) mass is 239 g/mol. The van der Waals surface area contributed by atoms with Gasteiger partial charge in [0, 0.05) is 23.4 Å². The van der Waals surface area contributed by atoms with Crippen LogP contribution in [-0.4, -0.2) is 23.3 Å². The number of carbonyl (C=O) groups is 1. The van der Waals surface area contributed by atoms with Crippen LogP contribution in [0.2, 0.25) is 0 Å². The quantitative estimate of drug-likeness (QED) is 0.760. The van der Waals surface area contributed by atoms with Crippen molar-refractivity contribution in [2.75, 3.05) is 6.54 Å². The molecule has 0 aliphatic carbocycles. The number of thiophene rings is 1. The van der Waals surface area contributed by atoms with Gasteiger partial charge >= 0.3 is 0 Å². The Morgan fingerprint density at radius 2 is 2.06 bits per heavy atom. The molecule has 0 amide bonds. The van der Waals surface area contributed by atoms with E-state index < -0.39 is 0 Å². The van der Waals surface area contributed by atoms with Crippen LogP contribution < -0.4 is 0 Å². The Morgan fingerprint density at radius 1 is 1.38 bits per heavy atom. The van der Waals surface area contributed by atoms with Crippen molar-refractivity contribution in [2.24, 2.45) is 5.92 Å². The molecular formula is C13H21NOS. The lowest BCUT2D eigenvalue weighted by Crippen LogP contribution is -2.36. The van der Waals surface area contributed by atoms with Crippen LogP contribution in [-0.2, 0) is 11.3 Å². The number of Topliss-reactive ketones (excluding diaryl/α,β-unsaturated/α-hetero) is 1. The number of carbonyl (C=O) groups excluding carboxylic acids is 1. The highest BCUT2D eigenvalue weighted by Gasteiger charge is 2.16. The lowest BCUT2D eigenvalue weighted by molar-refractivity contribution is -0.123. The van der Waals surface area contributed by atoms with E-state index in [1.54, 1.807) is 11.3 Å². The Hall–Kier alpha value is -0.670. The summed E-state index contributed by atoms with van der Waals surface area (Å²) in [4.78, 5) is 15.3. The second kappa shape index (κ2) is 6.16. The highest BCUT2D eigenvalue weighted by Crippen LogP contribution is 2.14. The topological polar surface area (TPSA) is 20.3 Å². The summed E-state index contributed by atoms with van der Waals surface area (Å²) in [5, 5.41) is 2.08. The maximum absolute atomic E-state index is 11.7. The van der Waals surface area contributed by atoms with Gasteiger partial charge < -0.3 is 0 Å². The van der Waals surface area contributed by atoms with Gasteiger partial charge in [0.15, 0.2) is 0 Å². The molecule has 0 aliphatic heterocycles. The molecule has 16 heavy (non-hydrogen) atoms. The zero-order chi connectivity index (χ0) is 12.1. The summed E-state index contributed by atoms with van der Waals surface area (Å²) in [6.07, 6.45) is 0. The first-order valence-corrected chi connectivity index (χ1v) is 6.67. The molecule has 0 radical (unpaired) electrons. The van der Waals surface area contributed by atoms with E-state index in [9.17, 15) is 4.79 Å². The van der Waals surface area contributed by atoms with Gasteiger partial charge in [-0.15, -0.1) is 11.3 Å².